The number of rotatable bonds is 2. The Morgan fingerprint density at radius 1 is 1.55 bits per heavy atom. The summed E-state index contributed by atoms with van der Waals surface area (Å²) in [5.41, 5.74) is 0. The summed E-state index contributed by atoms with van der Waals surface area (Å²) in [5.74, 6) is -1.86. The first-order chi connectivity index (χ1) is 4.33. The van der Waals surface area contributed by atoms with Gasteiger partial charge in [0.25, 0.3) is 0 Å². The van der Waals surface area contributed by atoms with Crippen LogP contribution in [0.25, 0.3) is 0 Å². The zero-order chi connectivity index (χ0) is 8.36. The van der Waals surface area contributed by atoms with Crippen molar-refractivity contribution in [2.45, 2.75) is 18.7 Å². The molecule has 0 aromatic heterocycles. The van der Waals surface area contributed by atoms with Crippen molar-refractivity contribution >= 4 is 5.97 Å². The molecule has 0 aliphatic rings. The minimum Gasteiger partial charge on any atom is -1.00 e. The van der Waals surface area contributed by atoms with Crippen molar-refractivity contribution in [2.75, 3.05) is 0 Å². The van der Waals surface area contributed by atoms with E-state index < -0.39 is 24.7 Å². The fraction of sp³-hybridized carbons (Fsp3) is 0.750. The SMILES string of the molecule is O=C(O)C(O)CC(F)(F)F.[H-].[Na+]. The van der Waals surface area contributed by atoms with Gasteiger partial charge < -0.3 is 11.6 Å². The Labute approximate surface area is 84.0 Å². The Balaban J connectivity index is -0.000000405. The first-order valence-electron chi connectivity index (χ1n) is 2.30. The molecule has 0 aliphatic heterocycles. The van der Waals surface area contributed by atoms with Gasteiger partial charge >= 0.3 is 41.7 Å². The summed E-state index contributed by atoms with van der Waals surface area (Å²) in [6.45, 7) is 0. The van der Waals surface area contributed by atoms with Gasteiger partial charge in [0.1, 0.15) is 0 Å². The molecule has 0 heterocycles. The minimum absolute atomic E-state index is 0. The number of aliphatic hydroxyl groups is 1. The van der Waals surface area contributed by atoms with Crippen LogP contribution in [0, 0.1) is 0 Å². The summed E-state index contributed by atoms with van der Waals surface area (Å²) in [6, 6.07) is 0. The summed E-state index contributed by atoms with van der Waals surface area (Å²) in [5, 5.41) is 15.9. The smallest absolute Gasteiger partial charge is 1.00 e. The van der Waals surface area contributed by atoms with Crippen LogP contribution in [0.5, 0.6) is 0 Å². The molecule has 0 aromatic rings. The normalized spacial score (nSPS) is 13.5. The minimum atomic E-state index is -4.63. The predicted molar refractivity (Wildman–Crippen MR) is 25.4 cm³/mol. The molecule has 0 aromatic carbocycles. The molecular formula is C4H6F3NaO3. The van der Waals surface area contributed by atoms with E-state index in [1.54, 1.807) is 0 Å². The van der Waals surface area contributed by atoms with Gasteiger partial charge in [0.2, 0.25) is 0 Å². The fourth-order valence-corrected chi connectivity index (χ4v) is 0.307. The maximum absolute atomic E-state index is 11.2. The molecule has 62 valence electrons. The summed E-state index contributed by atoms with van der Waals surface area (Å²) in [6.07, 6.45) is -8.68. The van der Waals surface area contributed by atoms with E-state index in [2.05, 4.69) is 0 Å². The molecule has 1 atom stereocenters. The van der Waals surface area contributed by atoms with Crippen LogP contribution in [-0.4, -0.2) is 28.5 Å². The summed E-state index contributed by atoms with van der Waals surface area (Å²) in [4.78, 5) is 9.63. The second kappa shape index (κ2) is 4.97. The quantitative estimate of drug-likeness (QED) is 0.464. The molecule has 0 saturated carbocycles. The summed E-state index contributed by atoms with van der Waals surface area (Å²) >= 11 is 0. The average Bonchev–Trinajstić information content (AvgIpc) is 1.60. The van der Waals surface area contributed by atoms with Crippen molar-refractivity contribution in [2.24, 2.45) is 0 Å². The Bertz CT molecular complexity index is 140. The zero-order valence-corrected chi connectivity index (χ0v) is 7.72. The number of carboxylic acid groups (broad SMARTS) is 1. The number of hydrogen-bond donors (Lipinski definition) is 2. The zero-order valence-electron chi connectivity index (χ0n) is 6.72. The topological polar surface area (TPSA) is 57.5 Å². The van der Waals surface area contributed by atoms with Crippen LogP contribution >= 0.6 is 0 Å². The third-order valence-corrected chi connectivity index (χ3v) is 0.710. The van der Waals surface area contributed by atoms with Gasteiger partial charge in [-0.05, 0) is 0 Å². The Morgan fingerprint density at radius 2 is 1.91 bits per heavy atom. The summed E-state index contributed by atoms with van der Waals surface area (Å²) in [7, 11) is 0. The van der Waals surface area contributed by atoms with Crippen molar-refractivity contribution < 1.29 is 59.2 Å². The molecule has 2 N–H and O–H groups in total. The molecule has 3 nitrogen and oxygen atoms in total. The van der Waals surface area contributed by atoms with Crippen molar-refractivity contribution in [3.05, 3.63) is 0 Å². The van der Waals surface area contributed by atoms with Crippen LogP contribution in [-0.2, 0) is 4.79 Å². The van der Waals surface area contributed by atoms with Gasteiger partial charge in [-0.3, -0.25) is 0 Å². The fourth-order valence-electron chi connectivity index (χ4n) is 0.307. The van der Waals surface area contributed by atoms with Gasteiger partial charge in [0.05, 0.1) is 6.42 Å². The van der Waals surface area contributed by atoms with Crippen LogP contribution in [0.1, 0.15) is 7.85 Å². The van der Waals surface area contributed by atoms with Crippen molar-refractivity contribution in [1.82, 2.24) is 0 Å². The molecule has 7 heteroatoms. The van der Waals surface area contributed by atoms with Crippen LogP contribution in [0.15, 0.2) is 0 Å². The third-order valence-electron chi connectivity index (χ3n) is 0.710. The molecule has 11 heavy (non-hydrogen) atoms. The molecule has 0 saturated heterocycles. The van der Waals surface area contributed by atoms with Gasteiger partial charge in [-0.2, -0.15) is 13.2 Å². The Hall–Kier alpha value is 0.220. The Kier molecular flexibility index (Phi) is 6.23. The van der Waals surface area contributed by atoms with Crippen molar-refractivity contribution in [3.63, 3.8) is 0 Å². The molecule has 0 rings (SSSR count). The molecule has 0 amide bonds. The van der Waals surface area contributed by atoms with Crippen LogP contribution < -0.4 is 29.6 Å². The second-order valence-corrected chi connectivity index (χ2v) is 1.67. The first kappa shape index (κ1) is 13.8. The van der Waals surface area contributed by atoms with Crippen LogP contribution in [0.4, 0.5) is 13.2 Å². The van der Waals surface area contributed by atoms with Crippen LogP contribution in [0.3, 0.4) is 0 Å². The molecular weight excluding hydrogens is 176 g/mol. The number of alkyl halides is 3. The number of hydrogen-bond acceptors (Lipinski definition) is 2. The Morgan fingerprint density at radius 3 is 2.00 bits per heavy atom. The number of halogens is 3. The number of aliphatic carboxylic acids is 1. The molecule has 0 fully saturated rings. The van der Waals surface area contributed by atoms with E-state index in [1.165, 1.54) is 0 Å². The largest absolute Gasteiger partial charge is 1.00 e. The maximum Gasteiger partial charge on any atom is 1.00 e. The van der Waals surface area contributed by atoms with Gasteiger partial charge in [-0.15, -0.1) is 0 Å². The maximum atomic E-state index is 11.2. The standard InChI is InChI=1S/C4H5F3O3.Na.H/c5-4(6,7)1-2(8)3(9)10;;/h2,8H,1H2,(H,9,10);;/q;+1;-1. The third kappa shape index (κ3) is 8.12. The van der Waals surface area contributed by atoms with E-state index in [4.69, 9.17) is 10.2 Å². The number of carboxylic acids is 1. The van der Waals surface area contributed by atoms with E-state index in [0.717, 1.165) is 0 Å². The number of carbonyl (C=O) groups is 1. The van der Waals surface area contributed by atoms with E-state index in [1.807, 2.05) is 0 Å². The van der Waals surface area contributed by atoms with Crippen molar-refractivity contribution in [3.8, 4) is 0 Å². The van der Waals surface area contributed by atoms with E-state index in [-0.39, 0.29) is 31.0 Å². The molecule has 0 bridgehead atoms. The van der Waals surface area contributed by atoms with Gasteiger partial charge in [0, 0.05) is 0 Å². The van der Waals surface area contributed by atoms with E-state index in [9.17, 15) is 18.0 Å². The monoisotopic (exact) mass is 182 g/mol. The average molecular weight is 182 g/mol. The molecule has 0 aliphatic carbocycles. The van der Waals surface area contributed by atoms with Gasteiger partial charge in [-0.25, -0.2) is 4.79 Å². The van der Waals surface area contributed by atoms with Crippen molar-refractivity contribution in [1.29, 1.82) is 0 Å². The van der Waals surface area contributed by atoms with E-state index in [0.29, 0.717) is 0 Å². The molecule has 0 spiro atoms. The van der Waals surface area contributed by atoms with Crippen LogP contribution in [0.2, 0.25) is 0 Å². The van der Waals surface area contributed by atoms with Gasteiger partial charge in [-0.1, -0.05) is 0 Å². The predicted octanol–water partition coefficient (Wildman–Crippen LogP) is -2.50. The first-order valence-corrected chi connectivity index (χ1v) is 2.30. The summed E-state index contributed by atoms with van der Waals surface area (Å²) < 4.78 is 33.7. The van der Waals surface area contributed by atoms with Gasteiger partial charge in [0.15, 0.2) is 6.10 Å². The van der Waals surface area contributed by atoms with E-state index >= 15 is 0 Å². The molecule has 0 radical (unpaired) electrons. The molecule has 1 unspecified atom stereocenters. The number of aliphatic hydroxyl groups excluding tert-OH is 1. The second-order valence-electron chi connectivity index (χ2n) is 1.67.